The summed E-state index contributed by atoms with van der Waals surface area (Å²) in [5.41, 5.74) is 6.81. The van der Waals surface area contributed by atoms with Gasteiger partial charge >= 0.3 is 0 Å². The van der Waals surface area contributed by atoms with Crippen molar-refractivity contribution >= 4 is 34.9 Å². The molecule has 1 heterocycles. The van der Waals surface area contributed by atoms with Crippen LogP contribution in [0.5, 0.6) is 5.75 Å². The third-order valence-electron chi connectivity index (χ3n) is 4.30. The van der Waals surface area contributed by atoms with Crippen LogP contribution in [0.25, 0.3) is 0 Å². The molecule has 2 aromatic rings. The minimum atomic E-state index is -0.564. The van der Waals surface area contributed by atoms with Gasteiger partial charge in [0, 0.05) is 23.2 Å². The zero-order chi connectivity index (χ0) is 20.3. The number of amides is 3. The number of carbonyl (C=O) groups excluding carboxylic acids is 4. The highest BCUT2D eigenvalue weighted by molar-refractivity contribution is 6.06. The third kappa shape index (κ3) is 4.01. The number of benzene rings is 2. The second kappa shape index (κ2) is 7.91. The van der Waals surface area contributed by atoms with E-state index in [1.54, 1.807) is 37.3 Å². The number of nitrogens with two attached hydrogens (primary N) is 1. The molecule has 144 valence electrons. The van der Waals surface area contributed by atoms with Crippen LogP contribution in [0.2, 0.25) is 0 Å². The maximum Gasteiger partial charge on any atom is 0.265 e. The molecule has 0 unspecified atom stereocenters. The summed E-state index contributed by atoms with van der Waals surface area (Å²) in [6.45, 7) is 1.32. The lowest BCUT2D eigenvalue weighted by Crippen LogP contribution is -2.43. The van der Waals surface area contributed by atoms with Crippen LogP contribution in [0.4, 0.5) is 11.4 Å². The van der Waals surface area contributed by atoms with E-state index >= 15 is 0 Å². The predicted octanol–water partition coefficient (Wildman–Crippen LogP) is 1.74. The molecule has 0 saturated carbocycles. The van der Waals surface area contributed by atoms with Crippen LogP contribution in [-0.4, -0.2) is 36.7 Å². The Kier molecular flexibility index (Phi) is 5.39. The SMILES string of the molecule is CCC(=O)c1ccc2c(c1)N(CC(=O)Nc1ccc(C(N)=O)cc1)C(=O)CO2. The van der Waals surface area contributed by atoms with Gasteiger partial charge in [-0.2, -0.15) is 0 Å². The highest BCUT2D eigenvalue weighted by Gasteiger charge is 2.28. The van der Waals surface area contributed by atoms with Crippen LogP contribution >= 0.6 is 0 Å². The van der Waals surface area contributed by atoms with Gasteiger partial charge in [-0.15, -0.1) is 0 Å². The second-order valence-corrected chi connectivity index (χ2v) is 6.22. The molecule has 8 nitrogen and oxygen atoms in total. The molecule has 0 atom stereocenters. The van der Waals surface area contributed by atoms with Crippen LogP contribution in [0.3, 0.4) is 0 Å². The Morgan fingerprint density at radius 2 is 1.79 bits per heavy atom. The Hall–Kier alpha value is -3.68. The molecular formula is C20H19N3O5. The molecule has 0 aliphatic carbocycles. The number of ketones is 1. The number of ether oxygens (including phenoxy) is 1. The summed E-state index contributed by atoms with van der Waals surface area (Å²) in [6, 6.07) is 10.9. The maximum atomic E-state index is 12.4. The lowest BCUT2D eigenvalue weighted by Gasteiger charge is -2.29. The minimum absolute atomic E-state index is 0.0697. The van der Waals surface area contributed by atoms with E-state index in [0.717, 1.165) is 0 Å². The van der Waals surface area contributed by atoms with Gasteiger partial charge in [-0.05, 0) is 42.5 Å². The van der Waals surface area contributed by atoms with Crippen LogP contribution in [0.1, 0.15) is 34.1 Å². The molecule has 0 spiro atoms. The summed E-state index contributed by atoms with van der Waals surface area (Å²) in [7, 11) is 0. The molecule has 1 aliphatic rings. The van der Waals surface area contributed by atoms with Gasteiger partial charge in [0.25, 0.3) is 5.91 Å². The smallest absolute Gasteiger partial charge is 0.265 e. The average Bonchev–Trinajstić information content (AvgIpc) is 2.69. The van der Waals surface area contributed by atoms with Gasteiger partial charge in [0.05, 0.1) is 5.69 Å². The van der Waals surface area contributed by atoms with Gasteiger partial charge in [-0.25, -0.2) is 0 Å². The lowest BCUT2D eigenvalue weighted by molar-refractivity contribution is -0.123. The van der Waals surface area contributed by atoms with Gasteiger partial charge in [0.2, 0.25) is 11.8 Å². The molecule has 3 amide bonds. The second-order valence-electron chi connectivity index (χ2n) is 6.22. The van der Waals surface area contributed by atoms with Crippen molar-refractivity contribution in [1.82, 2.24) is 0 Å². The Morgan fingerprint density at radius 1 is 1.11 bits per heavy atom. The van der Waals surface area contributed by atoms with Crippen molar-refractivity contribution in [2.45, 2.75) is 13.3 Å². The van der Waals surface area contributed by atoms with E-state index in [1.807, 2.05) is 0 Å². The van der Waals surface area contributed by atoms with Crippen molar-refractivity contribution in [2.75, 3.05) is 23.4 Å². The lowest BCUT2D eigenvalue weighted by atomic mass is 10.1. The van der Waals surface area contributed by atoms with Crippen molar-refractivity contribution < 1.29 is 23.9 Å². The van der Waals surface area contributed by atoms with Crippen LogP contribution in [-0.2, 0) is 9.59 Å². The number of hydrogen-bond donors (Lipinski definition) is 2. The number of rotatable bonds is 6. The van der Waals surface area contributed by atoms with E-state index in [1.165, 1.54) is 17.0 Å². The van der Waals surface area contributed by atoms with Crippen LogP contribution in [0.15, 0.2) is 42.5 Å². The quantitative estimate of drug-likeness (QED) is 0.739. The number of Topliss-reactive ketones (excluding diaryl/α,β-unsaturated/α-hetero) is 1. The van der Waals surface area contributed by atoms with E-state index < -0.39 is 11.8 Å². The number of hydrogen-bond acceptors (Lipinski definition) is 5. The summed E-state index contributed by atoms with van der Waals surface area (Å²) >= 11 is 0. The molecule has 0 fully saturated rings. The highest BCUT2D eigenvalue weighted by atomic mass is 16.5. The fourth-order valence-corrected chi connectivity index (χ4v) is 2.81. The monoisotopic (exact) mass is 381 g/mol. The molecule has 0 saturated heterocycles. The number of fused-ring (bicyclic) bond motifs is 1. The largest absolute Gasteiger partial charge is 0.482 e. The number of nitrogens with one attached hydrogen (secondary N) is 1. The maximum absolute atomic E-state index is 12.4. The summed E-state index contributed by atoms with van der Waals surface area (Å²) < 4.78 is 5.39. The molecule has 0 bridgehead atoms. The van der Waals surface area contributed by atoms with E-state index in [-0.39, 0.29) is 24.8 Å². The summed E-state index contributed by atoms with van der Waals surface area (Å²) in [6.07, 6.45) is 0.329. The van der Waals surface area contributed by atoms with E-state index in [2.05, 4.69) is 5.32 Å². The molecule has 0 aromatic heterocycles. The predicted molar refractivity (Wildman–Crippen MR) is 103 cm³/mol. The van der Waals surface area contributed by atoms with Crippen molar-refractivity contribution in [3.63, 3.8) is 0 Å². The van der Waals surface area contributed by atoms with Gasteiger partial charge in [-0.1, -0.05) is 6.92 Å². The van der Waals surface area contributed by atoms with Gasteiger partial charge in [0.15, 0.2) is 12.4 Å². The molecule has 3 N–H and O–H groups in total. The zero-order valence-electron chi connectivity index (χ0n) is 15.2. The zero-order valence-corrected chi connectivity index (χ0v) is 15.2. The number of primary amides is 1. The van der Waals surface area contributed by atoms with Crippen LogP contribution < -0.4 is 20.7 Å². The van der Waals surface area contributed by atoms with Gasteiger partial charge < -0.3 is 15.8 Å². The first kappa shape index (κ1) is 19.1. The summed E-state index contributed by atoms with van der Waals surface area (Å²) in [5.74, 6) is -1.01. The van der Waals surface area contributed by atoms with Crippen LogP contribution in [0, 0.1) is 0 Å². The standard InChI is InChI=1S/C20H19N3O5/c1-2-16(24)13-5-8-17-15(9-13)23(19(26)11-28-17)10-18(25)22-14-6-3-12(4-7-14)20(21)27/h3-9H,2,10-11H2,1H3,(H2,21,27)(H,22,25). The highest BCUT2D eigenvalue weighted by Crippen LogP contribution is 2.33. The number of nitrogens with zero attached hydrogens (tertiary/aromatic N) is 1. The summed E-state index contributed by atoms with van der Waals surface area (Å²) in [4.78, 5) is 49.1. The van der Waals surface area contributed by atoms with Crippen molar-refractivity contribution in [2.24, 2.45) is 5.73 Å². The fraction of sp³-hybridized carbons (Fsp3) is 0.200. The van der Waals surface area contributed by atoms with Crippen molar-refractivity contribution in [1.29, 1.82) is 0 Å². The normalized spacial score (nSPS) is 12.8. The number of anilines is 2. The molecular weight excluding hydrogens is 362 g/mol. The van der Waals surface area contributed by atoms with Crippen molar-refractivity contribution in [3.05, 3.63) is 53.6 Å². The van der Waals surface area contributed by atoms with Crippen molar-refractivity contribution in [3.8, 4) is 5.75 Å². The minimum Gasteiger partial charge on any atom is -0.482 e. The molecule has 8 heteroatoms. The Bertz CT molecular complexity index is 953. The molecule has 2 aromatic carbocycles. The average molecular weight is 381 g/mol. The van der Waals surface area contributed by atoms with E-state index in [4.69, 9.17) is 10.5 Å². The van der Waals surface area contributed by atoms with Gasteiger partial charge in [0.1, 0.15) is 12.3 Å². The van der Waals surface area contributed by atoms with E-state index in [9.17, 15) is 19.2 Å². The molecule has 28 heavy (non-hydrogen) atoms. The first-order valence-corrected chi connectivity index (χ1v) is 8.69. The summed E-state index contributed by atoms with van der Waals surface area (Å²) in [5, 5.41) is 2.66. The third-order valence-corrected chi connectivity index (χ3v) is 4.30. The Labute approximate surface area is 161 Å². The van der Waals surface area contributed by atoms with E-state index in [0.29, 0.717) is 34.7 Å². The Balaban J connectivity index is 1.78. The van der Waals surface area contributed by atoms with Gasteiger partial charge in [-0.3, -0.25) is 24.1 Å². The molecule has 0 radical (unpaired) electrons. The fourth-order valence-electron chi connectivity index (χ4n) is 2.81. The number of carbonyl (C=O) groups is 4. The topological polar surface area (TPSA) is 119 Å². The molecule has 1 aliphatic heterocycles. The first-order valence-electron chi connectivity index (χ1n) is 8.69. The first-order chi connectivity index (χ1) is 13.4. The molecule has 3 rings (SSSR count). The Morgan fingerprint density at radius 3 is 2.43 bits per heavy atom.